The van der Waals surface area contributed by atoms with Crippen LogP contribution < -0.4 is 10.2 Å². The first kappa shape index (κ1) is 18.5. The molecule has 1 saturated heterocycles. The zero-order valence-electron chi connectivity index (χ0n) is 16.0. The van der Waals surface area contributed by atoms with Crippen LogP contribution in [-0.4, -0.2) is 53.3 Å². The number of benzene rings is 1. The van der Waals surface area contributed by atoms with Crippen molar-refractivity contribution in [2.75, 3.05) is 37.6 Å². The molecular weight excluding hydrogens is 326 g/mol. The Morgan fingerprint density at radius 3 is 2.62 bits per heavy atom. The van der Waals surface area contributed by atoms with E-state index < -0.39 is 0 Å². The Morgan fingerprint density at radius 1 is 1.19 bits per heavy atom. The maximum absolute atomic E-state index is 12.3. The number of nitrogens with zero attached hydrogens (tertiary/aromatic N) is 4. The summed E-state index contributed by atoms with van der Waals surface area (Å²) in [5.41, 5.74) is 4.63. The fourth-order valence-corrected chi connectivity index (χ4v) is 3.34. The van der Waals surface area contributed by atoms with Gasteiger partial charge in [-0.2, -0.15) is 5.10 Å². The maximum Gasteiger partial charge on any atom is 0.234 e. The van der Waals surface area contributed by atoms with E-state index in [1.54, 1.807) is 0 Å². The fourth-order valence-electron chi connectivity index (χ4n) is 3.34. The monoisotopic (exact) mass is 355 g/mol. The molecule has 2 heterocycles. The molecule has 3 rings (SSSR count). The fraction of sp³-hybridized carbons (Fsp3) is 0.500. The number of anilines is 1. The van der Waals surface area contributed by atoms with Gasteiger partial charge in [-0.25, -0.2) is 0 Å². The van der Waals surface area contributed by atoms with Crippen molar-refractivity contribution in [3.05, 3.63) is 47.3 Å². The quantitative estimate of drug-likeness (QED) is 0.861. The van der Waals surface area contributed by atoms with Crippen LogP contribution in [0.5, 0.6) is 0 Å². The molecule has 1 fully saturated rings. The second-order valence-electron chi connectivity index (χ2n) is 6.97. The van der Waals surface area contributed by atoms with Gasteiger partial charge in [0.2, 0.25) is 5.91 Å². The standard InChI is InChI=1S/C20H29N5O/c1-4-25-14-18(17(3)22-25)13-21-20(26)15-23-8-10-24(11-9-23)19-7-5-6-16(2)12-19/h5-7,12,14H,4,8-11,13,15H2,1-3H3,(H,21,26). The number of hydrogen-bond acceptors (Lipinski definition) is 4. The molecule has 0 unspecified atom stereocenters. The molecule has 1 aromatic heterocycles. The van der Waals surface area contributed by atoms with Crippen molar-refractivity contribution in [3.63, 3.8) is 0 Å². The highest BCUT2D eigenvalue weighted by molar-refractivity contribution is 5.78. The van der Waals surface area contributed by atoms with Crippen molar-refractivity contribution >= 4 is 11.6 Å². The summed E-state index contributed by atoms with van der Waals surface area (Å²) in [5, 5.41) is 7.44. The zero-order valence-corrected chi connectivity index (χ0v) is 16.0. The zero-order chi connectivity index (χ0) is 18.5. The number of piperazine rings is 1. The van der Waals surface area contributed by atoms with E-state index in [1.165, 1.54) is 11.3 Å². The summed E-state index contributed by atoms with van der Waals surface area (Å²) in [6, 6.07) is 8.61. The average molecular weight is 355 g/mol. The minimum absolute atomic E-state index is 0.0812. The molecule has 1 amide bonds. The highest BCUT2D eigenvalue weighted by atomic mass is 16.2. The minimum atomic E-state index is 0.0812. The lowest BCUT2D eigenvalue weighted by Gasteiger charge is -2.35. The molecule has 26 heavy (non-hydrogen) atoms. The summed E-state index contributed by atoms with van der Waals surface area (Å²) in [5.74, 6) is 0.0812. The predicted molar refractivity (Wildman–Crippen MR) is 104 cm³/mol. The van der Waals surface area contributed by atoms with E-state index >= 15 is 0 Å². The number of aryl methyl sites for hydroxylation is 3. The van der Waals surface area contributed by atoms with Crippen molar-refractivity contribution in [2.45, 2.75) is 33.9 Å². The molecule has 1 aliphatic rings. The topological polar surface area (TPSA) is 53.4 Å². The van der Waals surface area contributed by atoms with Gasteiger partial charge in [-0.1, -0.05) is 12.1 Å². The first-order valence-corrected chi connectivity index (χ1v) is 9.38. The molecule has 0 bridgehead atoms. The molecule has 0 saturated carbocycles. The molecule has 1 aromatic carbocycles. The minimum Gasteiger partial charge on any atom is -0.369 e. The number of amides is 1. The normalized spacial score (nSPS) is 15.3. The van der Waals surface area contributed by atoms with Gasteiger partial charge in [0.25, 0.3) is 0 Å². The average Bonchev–Trinajstić information content (AvgIpc) is 3.00. The molecular formula is C20H29N5O. The van der Waals surface area contributed by atoms with Crippen LogP contribution in [0.25, 0.3) is 0 Å². The van der Waals surface area contributed by atoms with Gasteiger partial charge in [0.05, 0.1) is 12.2 Å². The van der Waals surface area contributed by atoms with E-state index in [1.807, 2.05) is 17.8 Å². The van der Waals surface area contributed by atoms with Crippen LogP contribution in [0.2, 0.25) is 0 Å². The smallest absolute Gasteiger partial charge is 0.234 e. The van der Waals surface area contributed by atoms with E-state index in [-0.39, 0.29) is 5.91 Å². The van der Waals surface area contributed by atoms with Crippen LogP contribution >= 0.6 is 0 Å². The number of nitrogens with one attached hydrogen (secondary N) is 1. The number of carbonyl (C=O) groups is 1. The number of carbonyl (C=O) groups excluding carboxylic acids is 1. The van der Waals surface area contributed by atoms with Crippen LogP contribution in [0.15, 0.2) is 30.5 Å². The molecule has 1 aliphatic heterocycles. The van der Waals surface area contributed by atoms with Crippen molar-refractivity contribution in [3.8, 4) is 0 Å². The third-order valence-electron chi connectivity index (χ3n) is 4.95. The number of aromatic nitrogens is 2. The Balaban J connectivity index is 1.44. The SMILES string of the molecule is CCn1cc(CNC(=O)CN2CCN(c3cccc(C)c3)CC2)c(C)n1. The van der Waals surface area contributed by atoms with E-state index in [2.05, 4.69) is 58.3 Å². The molecule has 0 atom stereocenters. The predicted octanol–water partition coefficient (Wildman–Crippen LogP) is 1.96. The third kappa shape index (κ3) is 4.64. The van der Waals surface area contributed by atoms with Crippen LogP contribution in [-0.2, 0) is 17.9 Å². The summed E-state index contributed by atoms with van der Waals surface area (Å²) in [6.07, 6.45) is 2.01. The van der Waals surface area contributed by atoms with Gasteiger partial charge in [-0.15, -0.1) is 0 Å². The first-order chi connectivity index (χ1) is 12.5. The second kappa shape index (κ2) is 8.36. The van der Waals surface area contributed by atoms with Crippen molar-refractivity contribution < 1.29 is 4.79 Å². The van der Waals surface area contributed by atoms with E-state index in [4.69, 9.17) is 0 Å². The summed E-state index contributed by atoms with van der Waals surface area (Å²) >= 11 is 0. The molecule has 6 nitrogen and oxygen atoms in total. The summed E-state index contributed by atoms with van der Waals surface area (Å²) in [6.45, 7) is 11.8. The van der Waals surface area contributed by atoms with Gasteiger partial charge in [-0.3, -0.25) is 14.4 Å². The molecule has 2 aromatic rings. The van der Waals surface area contributed by atoms with E-state index in [9.17, 15) is 4.79 Å². The highest BCUT2D eigenvalue weighted by Gasteiger charge is 2.19. The molecule has 140 valence electrons. The van der Waals surface area contributed by atoms with Gasteiger partial charge < -0.3 is 10.2 Å². The molecule has 0 aliphatic carbocycles. The third-order valence-corrected chi connectivity index (χ3v) is 4.95. The molecule has 0 radical (unpaired) electrons. The van der Waals surface area contributed by atoms with Gasteiger partial charge >= 0.3 is 0 Å². The summed E-state index contributed by atoms with van der Waals surface area (Å²) in [7, 11) is 0. The van der Waals surface area contributed by atoms with Crippen LogP contribution in [0, 0.1) is 13.8 Å². The Morgan fingerprint density at radius 2 is 1.96 bits per heavy atom. The van der Waals surface area contributed by atoms with Crippen LogP contribution in [0.4, 0.5) is 5.69 Å². The Labute approximate surface area is 155 Å². The van der Waals surface area contributed by atoms with Gasteiger partial charge in [-0.05, 0) is 38.5 Å². The number of rotatable bonds is 6. The van der Waals surface area contributed by atoms with E-state index in [0.29, 0.717) is 13.1 Å². The van der Waals surface area contributed by atoms with Crippen LogP contribution in [0.3, 0.4) is 0 Å². The molecule has 0 spiro atoms. The lowest BCUT2D eigenvalue weighted by Crippen LogP contribution is -2.49. The van der Waals surface area contributed by atoms with Crippen LogP contribution in [0.1, 0.15) is 23.7 Å². The van der Waals surface area contributed by atoms with Gasteiger partial charge in [0.15, 0.2) is 0 Å². The Kier molecular flexibility index (Phi) is 5.93. The second-order valence-corrected chi connectivity index (χ2v) is 6.97. The highest BCUT2D eigenvalue weighted by Crippen LogP contribution is 2.17. The van der Waals surface area contributed by atoms with Gasteiger partial charge in [0, 0.05) is 56.7 Å². The molecule has 6 heteroatoms. The van der Waals surface area contributed by atoms with Crippen molar-refractivity contribution in [2.24, 2.45) is 0 Å². The lowest BCUT2D eigenvalue weighted by atomic mass is 10.2. The first-order valence-electron chi connectivity index (χ1n) is 9.38. The van der Waals surface area contributed by atoms with Crippen molar-refractivity contribution in [1.29, 1.82) is 0 Å². The van der Waals surface area contributed by atoms with E-state index in [0.717, 1.165) is 44.0 Å². The summed E-state index contributed by atoms with van der Waals surface area (Å²) in [4.78, 5) is 16.9. The lowest BCUT2D eigenvalue weighted by molar-refractivity contribution is -0.122. The summed E-state index contributed by atoms with van der Waals surface area (Å²) < 4.78 is 1.90. The Bertz CT molecular complexity index is 746. The van der Waals surface area contributed by atoms with Crippen molar-refractivity contribution in [1.82, 2.24) is 20.0 Å². The number of hydrogen-bond donors (Lipinski definition) is 1. The largest absolute Gasteiger partial charge is 0.369 e. The van der Waals surface area contributed by atoms with Gasteiger partial charge in [0.1, 0.15) is 0 Å². The molecule has 1 N–H and O–H groups in total. The maximum atomic E-state index is 12.3. The Hall–Kier alpha value is -2.34.